The molecule has 78 valence electrons. The molecule has 1 atom stereocenters. The molecule has 0 saturated heterocycles. The standard InChI is InChI=1S/C9H20N2O2/c1-3-4-9(13)11-6-5-10-7-8(2)12/h8,10,12H,3-7H2,1-2H3,(H,11,13). The molecule has 0 saturated carbocycles. The van der Waals surface area contributed by atoms with Gasteiger partial charge in [-0.25, -0.2) is 0 Å². The van der Waals surface area contributed by atoms with Gasteiger partial charge in [0.15, 0.2) is 0 Å². The Labute approximate surface area is 79.7 Å². The van der Waals surface area contributed by atoms with Gasteiger partial charge in [0, 0.05) is 26.1 Å². The molecule has 0 aromatic carbocycles. The number of aliphatic hydroxyl groups is 1. The molecule has 0 heterocycles. The van der Waals surface area contributed by atoms with E-state index >= 15 is 0 Å². The molecule has 0 rings (SSSR count). The summed E-state index contributed by atoms with van der Waals surface area (Å²) in [5.74, 6) is 0.0985. The topological polar surface area (TPSA) is 61.4 Å². The third kappa shape index (κ3) is 9.30. The van der Waals surface area contributed by atoms with Crippen molar-refractivity contribution in [1.82, 2.24) is 10.6 Å². The zero-order valence-electron chi connectivity index (χ0n) is 8.47. The van der Waals surface area contributed by atoms with Crippen LogP contribution in [0.5, 0.6) is 0 Å². The molecule has 4 heteroatoms. The molecule has 0 fully saturated rings. The van der Waals surface area contributed by atoms with Crippen LogP contribution in [-0.4, -0.2) is 36.8 Å². The van der Waals surface area contributed by atoms with Gasteiger partial charge in [-0.3, -0.25) is 4.79 Å². The van der Waals surface area contributed by atoms with Gasteiger partial charge in [0.25, 0.3) is 0 Å². The van der Waals surface area contributed by atoms with Crippen LogP contribution in [0.15, 0.2) is 0 Å². The Hall–Kier alpha value is -0.610. The van der Waals surface area contributed by atoms with Gasteiger partial charge in [0.1, 0.15) is 0 Å². The molecule has 0 bridgehead atoms. The number of carbonyl (C=O) groups excluding carboxylic acids is 1. The van der Waals surface area contributed by atoms with E-state index in [4.69, 9.17) is 5.11 Å². The van der Waals surface area contributed by atoms with E-state index in [1.807, 2.05) is 6.92 Å². The molecule has 0 radical (unpaired) electrons. The summed E-state index contributed by atoms with van der Waals surface area (Å²) in [6.07, 6.45) is 1.15. The first-order valence-electron chi connectivity index (χ1n) is 4.82. The first-order chi connectivity index (χ1) is 6.16. The van der Waals surface area contributed by atoms with Crippen LogP contribution in [0, 0.1) is 0 Å². The molecule has 4 nitrogen and oxygen atoms in total. The first kappa shape index (κ1) is 12.4. The second kappa shape index (κ2) is 8.01. The van der Waals surface area contributed by atoms with Crippen LogP contribution in [-0.2, 0) is 4.79 Å². The molecule has 1 amide bonds. The maximum absolute atomic E-state index is 11.0. The van der Waals surface area contributed by atoms with Gasteiger partial charge in [0.2, 0.25) is 5.91 Å². The first-order valence-corrected chi connectivity index (χ1v) is 4.82. The molecule has 1 unspecified atom stereocenters. The van der Waals surface area contributed by atoms with Crippen molar-refractivity contribution in [3.05, 3.63) is 0 Å². The van der Waals surface area contributed by atoms with Crippen molar-refractivity contribution in [2.45, 2.75) is 32.8 Å². The van der Waals surface area contributed by atoms with E-state index in [-0.39, 0.29) is 12.0 Å². The Bertz CT molecular complexity index is 138. The van der Waals surface area contributed by atoms with Crippen LogP contribution >= 0.6 is 0 Å². The second-order valence-corrected chi connectivity index (χ2v) is 3.15. The van der Waals surface area contributed by atoms with E-state index in [0.29, 0.717) is 26.1 Å². The number of rotatable bonds is 7. The molecule has 0 spiro atoms. The monoisotopic (exact) mass is 188 g/mol. The minimum Gasteiger partial charge on any atom is -0.392 e. The van der Waals surface area contributed by atoms with Gasteiger partial charge in [0.05, 0.1) is 6.10 Å². The molecule has 0 aromatic heterocycles. The number of amides is 1. The lowest BCUT2D eigenvalue weighted by atomic mass is 10.3. The summed E-state index contributed by atoms with van der Waals surface area (Å²) in [6.45, 7) is 5.61. The van der Waals surface area contributed by atoms with Gasteiger partial charge in [-0.05, 0) is 13.3 Å². The summed E-state index contributed by atoms with van der Waals surface area (Å²) in [5, 5.41) is 14.7. The predicted molar refractivity (Wildman–Crippen MR) is 52.5 cm³/mol. The SMILES string of the molecule is CCCC(=O)NCCNCC(C)O. The Morgan fingerprint density at radius 1 is 1.46 bits per heavy atom. The molecule has 0 aliphatic heterocycles. The smallest absolute Gasteiger partial charge is 0.220 e. The highest BCUT2D eigenvalue weighted by atomic mass is 16.3. The Morgan fingerprint density at radius 2 is 2.15 bits per heavy atom. The molecular formula is C9H20N2O2. The maximum Gasteiger partial charge on any atom is 0.220 e. The van der Waals surface area contributed by atoms with Crippen LogP contribution < -0.4 is 10.6 Å². The van der Waals surface area contributed by atoms with E-state index in [0.717, 1.165) is 6.42 Å². The lowest BCUT2D eigenvalue weighted by Crippen LogP contribution is -2.34. The predicted octanol–water partition coefficient (Wildman–Crippen LogP) is -0.127. The highest BCUT2D eigenvalue weighted by Gasteiger charge is 1.97. The summed E-state index contributed by atoms with van der Waals surface area (Å²) in [5.41, 5.74) is 0. The summed E-state index contributed by atoms with van der Waals surface area (Å²) < 4.78 is 0. The van der Waals surface area contributed by atoms with Gasteiger partial charge < -0.3 is 15.7 Å². The fourth-order valence-corrected chi connectivity index (χ4v) is 0.917. The third-order valence-electron chi connectivity index (χ3n) is 1.54. The van der Waals surface area contributed by atoms with Gasteiger partial charge in [-0.2, -0.15) is 0 Å². The molecule has 13 heavy (non-hydrogen) atoms. The summed E-state index contributed by atoms with van der Waals surface area (Å²) in [7, 11) is 0. The number of aliphatic hydroxyl groups excluding tert-OH is 1. The summed E-state index contributed by atoms with van der Waals surface area (Å²) in [6, 6.07) is 0. The van der Waals surface area contributed by atoms with Crippen molar-refractivity contribution >= 4 is 5.91 Å². The molecule has 0 aliphatic carbocycles. The number of hydrogen-bond acceptors (Lipinski definition) is 3. The fraction of sp³-hybridized carbons (Fsp3) is 0.889. The van der Waals surface area contributed by atoms with Crippen LogP contribution in [0.1, 0.15) is 26.7 Å². The van der Waals surface area contributed by atoms with Crippen LogP contribution in [0.4, 0.5) is 0 Å². The number of hydrogen-bond donors (Lipinski definition) is 3. The third-order valence-corrected chi connectivity index (χ3v) is 1.54. The van der Waals surface area contributed by atoms with Crippen LogP contribution in [0.25, 0.3) is 0 Å². The van der Waals surface area contributed by atoms with Crippen molar-refractivity contribution in [2.24, 2.45) is 0 Å². The summed E-state index contributed by atoms with van der Waals surface area (Å²) in [4.78, 5) is 11.0. The average molecular weight is 188 g/mol. The Morgan fingerprint density at radius 3 is 2.69 bits per heavy atom. The average Bonchev–Trinajstić information content (AvgIpc) is 2.03. The molecular weight excluding hydrogens is 168 g/mol. The zero-order chi connectivity index (χ0) is 10.1. The Balaban J connectivity index is 3.11. The second-order valence-electron chi connectivity index (χ2n) is 3.15. The van der Waals surface area contributed by atoms with Crippen molar-refractivity contribution in [1.29, 1.82) is 0 Å². The molecule has 3 N–H and O–H groups in total. The highest BCUT2D eigenvalue weighted by molar-refractivity contribution is 5.75. The minimum atomic E-state index is -0.327. The van der Waals surface area contributed by atoms with Crippen LogP contribution in [0.3, 0.4) is 0 Å². The minimum absolute atomic E-state index is 0.0985. The zero-order valence-corrected chi connectivity index (χ0v) is 8.47. The maximum atomic E-state index is 11.0. The lowest BCUT2D eigenvalue weighted by molar-refractivity contribution is -0.121. The van der Waals surface area contributed by atoms with Crippen molar-refractivity contribution < 1.29 is 9.90 Å². The molecule has 0 aliphatic rings. The van der Waals surface area contributed by atoms with Crippen molar-refractivity contribution in [2.75, 3.05) is 19.6 Å². The quantitative estimate of drug-likeness (QED) is 0.488. The van der Waals surface area contributed by atoms with E-state index < -0.39 is 0 Å². The highest BCUT2D eigenvalue weighted by Crippen LogP contribution is 1.84. The fourth-order valence-electron chi connectivity index (χ4n) is 0.917. The molecule has 0 aromatic rings. The van der Waals surface area contributed by atoms with Crippen molar-refractivity contribution in [3.63, 3.8) is 0 Å². The van der Waals surface area contributed by atoms with Gasteiger partial charge in [-0.1, -0.05) is 6.92 Å². The number of nitrogens with one attached hydrogen (secondary N) is 2. The van der Waals surface area contributed by atoms with Crippen molar-refractivity contribution in [3.8, 4) is 0 Å². The lowest BCUT2D eigenvalue weighted by Gasteiger charge is -2.07. The van der Waals surface area contributed by atoms with E-state index in [1.165, 1.54) is 0 Å². The van der Waals surface area contributed by atoms with Gasteiger partial charge >= 0.3 is 0 Å². The van der Waals surface area contributed by atoms with Gasteiger partial charge in [-0.15, -0.1) is 0 Å². The Kier molecular flexibility index (Phi) is 7.63. The van der Waals surface area contributed by atoms with E-state index in [2.05, 4.69) is 10.6 Å². The van der Waals surface area contributed by atoms with E-state index in [9.17, 15) is 4.79 Å². The number of carbonyl (C=O) groups is 1. The van der Waals surface area contributed by atoms with E-state index in [1.54, 1.807) is 6.92 Å². The normalized spacial score (nSPS) is 12.5. The summed E-state index contributed by atoms with van der Waals surface area (Å²) >= 11 is 0. The largest absolute Gasteiger partial charge is 0.392 e. The van der Waals surface area contributed by atoms with Crippen LogP contribution in [0.2, 0.25) is 0 Å².